The molecule has 0 radical (unpaired) electrons. The molecule has 31 heavy (non-hydrogen) atoms. The molecule has 0 fully saturated rings. The molecule has 1 aromatic carbocycles. The van der Waals surface area contributed by atoms with Crippen LogP contribution in [0.25, 0.3) is 11.0 Å². The first kappa shape index (κ1) is 22.8. The van der Waals surface area contributed by atoms with Gasteiger partial charge in [0.25, 0.3) is 0 Å². The van der Waals surface area contributed by atoms with Crippen molar-refractivity contribution in [1.82, 2.24) is 5.32 Å². The highest BCUT2D eigenvalue weighted by Gasteiger charge is 2.27. The summed E-state index contributed by atoms with van der Waals surface area (Å²) in [6.07, 6.45) is 3.32. The van der Waals surface area contributed by atoms with E-state index in [2.05, 4.69) is 5.32 Å². The highest BCUT2D eigenvalue weighted by atomic mass is 16.6. The van der Waals surface area contributed by atoms with Crippen molar-refractivity contribution in [1.29, 1.82) is 0 Å². The zero-order valence-electron chi connectivity index (χ0n) is 18.9. The summed E-state index contributed by atoms with van der Waals surface area (Å²) in [7, 11) is 0. The highest BCUT2D eigenvalue weighted by Crippen LogP contribution is 2.29. The predicted octanol–water partition coefficient (Wildman–Crippen LogP) is 4.52. The second kappa shape index (κ2) is 9.12. The van der Waals surface area contributed by atoms with Crippen LogP contribution in [0.2, 0.25) is 0 Å². The maximum atomic E-state index is 12.8. The zero-order valence-corrected chi connectivity index (χ0v) is 18.9. The van der Waals surface area contributed by atoms with E-state index < -0.39 is 23.7 Å². The Labute approximate surface area is 182 Å². The van der Waals surface area contributed by atoms with Crippen LogP contribution in [-0.4, -0.2) is 23.7 Å². The average Bonchev–Trinajstić information content (AvgIpc) is 2.65. The van der Waals surface area contributed by atoms with Crippen LogP contribution in [0.15, 0.2) is 27.4 Å². The molecule has 3 rings (SSSR count). The summed E-state index contributed by atoms with van der Waals surface area (Å²) in [6.45, 7) is 9.16. The van der Waals surface area contributed by atoms with Gasteiger partial charge in [-0.25, -0.2) is 14.4 Å². The minimum Gasteiger partial charge on any atom is -0.444 e. The Morgan fingerprint density at radius 2 is 1.81 bits per heavy atom. The molecule has 1 aliphatic rings. The van der Waals surface area contributed by atoms with E-state index in [-0.39, 0.29) is 17.3 Å². The molecule has 7 nitrogen and oxygen atoms in total. The van der Waals surface area contributed by atoms with Gasteiger partial charge in [0.1, 0.15) is 23.0 Å². The predicted molar refractivity (Wildman–Crippen MR) is 117 cm³/mol. The summed E-state index contributed by atoms with van der Waals surface area (Å²) in [6, 6.07) is 4.21. The smallest absolute Gasteiger partial charge is 0.408 e. The third-order valence-corrected chi connectivity index (χ3v) is 5.10. The zero-order chi connectivity index (χ0) is 22.8. The van der Waals surface area contributed by atoms with Gasteiger partial charge in [-0.15, -0.1) is 0 Å². The SMILES string of the molecule is CC(C)CC(NC(=O)OC(C)(C)C)C(=O)Oc1ccc2c3c(c(=O)oc2c1)CCCC3. The Morgan fingerprint density at radius 3 is 2.45 bits per heavy atom. The Morgan fingerprint density at radius 1 is 1.13 bits per heavy atom. The van der Waals surface area contributed by atoms with Crippen molar-refractivity contribution < 1.29 is 23.5 Å². The lowest BCUT2D eigenvalue weighted by atomic mass is 9.91. The molecule has 7 heteroatoms. The number of esters is 1. The second-order valence-corrected chi connectivity index (χ2v) is 9.46. The molecule has 1 N–H and O–H groups in total. The van der Waals surface area contributed by atoms with Gasteiger partial charge in [0.2, 0.25) is 0 Å². The second-order valence-electron chi connectivity index (χ2n) is 9.46. The summed E-state index contributed by atoms with van der Waals surface area (Å²) < 4.78 is 16.3. The number of carbonyl (C=O) groups excluding carboxylic acids is 2. The van der Waals surface area contributed by atoms with Crippen molar-refractivity contribution in [3.8, 4) is 5.75 Å². The molecule has 168 valence electrons. The van der Waals surface area contributed by atoms with E-state index in [1.165, 1.54) is 0 Å². The summed E-state index contributed by atoms with van der Waals surface area (Å²) in [5.41, 5.74) is 1.18. The summed E-state index contributed by atoms with van der Waals surface area (Å²) in [5.74, 6) is -0.191. The van der Waals surface area contributed by atoms with Crippen LogP contribution in [0.4, 0.5) is 4.79 Å². The Bertz CT molecular complexity index is 1030. The number of aryl methyl sites for hydroxylation is 1. The van der Waals surface area contributed by atoms with Gasteiger partial charge in [0.15, 0.2) is 0 Å². The van der Waals surface area contributed by atoms with Gasteiger partial charge in [0, 0.05) is 17.0 Å². The number of alkyl carbamates (subject to hydrolysis) is 1. The first-order valence-corrected chi connectivity index (χ1v) is 10.8. The van der Waals surface area contributed by atoms with Crippen molar-refractivity contribution in [3.05, 3.63) is 39.7 Å². The number of ether oxygens (including phenoxy) is 2. The lowest BCUT2D eigenvalue weighted by Crippen LogP contribution is -2.45. The number of nitrogens with one attached hydrogen (secondary N) is 1. The molecule has 1 unspecified atom stereocenters. The lowest BCUT2D eigenvalue weighted by molar-refractivity contribution is -0.137. The molecule has 1 amide bonds. The molecule has 2 aromatic rings. The van der Waals surface area contributed by atoms with Crippen LogP contribution < -0.4 is 15.7 Å². The first-order chi connectivity index (χ1) is 14.5. The maximum absolute atomic E-state index is 12.8. The third-order valence-electron chi connectivity index (χ3n) is 5.10. The molecule has 0 spiro atoms. The molecule has 1 aromatic heterocycles. The number of amides is 1. The fraction of sp³-hybridized carbons (Fsp3) is 0.542. The summed E-state index contributed by atoms with van der Waals surface area (Å²) in [5, 5.41) is 3.48. The standard InChI is InChI=1S/C24H31NO6/c1-14(2)12-19(25-23(28)31-24(3,4)5)22(27)29-15-10-11-17-16-8-6-7-9-18(16)21(26)30-20(17)13-15/h10-11,13-14,19H,6-9,12H2,1-5H3,(H,25,28). The van der Waals surface area contributed by atoms with E-state index in [4.69, 9.17) is 13.9 Å². The monoisotopic (exact) mass is 429 g/mol. The molecular formula is C24H31NO6. The van der Waals surface area contributed by atoms with Crippen molar-refractivity contribution in [3.63, 3.8) is 0 Å². The van der Waals surface area contributed by atoms with Crippen molar-refractivity contribution >= 4 is 23.0 Å². The first-order valence-electron chi connectivity index (χ1n) is 10.8. The van der Waals surface area contributed by atoms with Gasteiger partial charge in [-0.3, -0.25) is 0 Å². The minimum absolute atomic E-state index is 0.147. The molecule has 0 bridgehead atoms. The highest BCUT2D eigenvalue weighted by molar-refractivity contribution is 5.86. The van der Waals surface area contributed by atoms with Crippen LogP contribution in [-0.2, 0) is 22.4 Å². The Balaban J connectivity index is 1.80. The molecule has 0 aliphatic heterocycles. The van der Waals surface area contributed by atoms with E-state index in [0.29, 0.717) is 12.0 Å². The number of carbonyl (C=O) groups is 2. The largest absolute Gasteiger partial charge is 0.444 e. The minimum atomic E-state index is -0.860. The Kier molecular flexibility index (Phi) is 6.72. The third kappa shape index (κ3) is 5.87. The number of fused-ring (bicyclic) bond motifs is 3. The molecule has 0 saturated heterocycles. The van der Waals surface area contributed by atoms with Crippen molar-refractivity contribution in [2.45, 2.75) is 78.4 Å². The summed E-state index contributed by atoms with van der Waals surface area (Å²) in [4.78, 5) is 37.3. The van der Waals surface area contributed by atoms with E-state index in [9.17, 15) is 14.4 Å². The molecule has 1 atom stereocenters. The molecule has 1 aliphatic carbocycles. The van der Waals surface area contributed by atoms with E-state index in [1.807, 2.05) is 19.9 Å². The van der Waals surface area contributed by atoms with Gasteiger partial charge in [0.05, 0.1) is 0 Å². The fourth-order valence-electron chi connectivity index (χ4n) is 3.81. The maximum Gasteiger partial charge on any atom is 0.408 e. The van der Waals surface area contributed by atoms with Gasteiger partial charge in [-0.2, -0.15) is 0 Å². The van der Waals surface area contributed by atoms with Crippen LogP contribution in [0.3, 0.4) is 0 Å². The van der Waals surface area contributed by atoms with Crippen LogP contribution >= 0.6 is 0 Å². The van der Waals surface area contributed by atoms with Crippen LogP contribution in [0.1, 0.15) is 65.0 Å². The molecule has 1 heterocycles. The van der Waals surface area contributed by atoms with Crippen LogP contribution in [0.5, 0.6) is 5.75 Å². The van der Waals surface area contributed by atoms with E-state index in [0.717, 1.165) is 42.2 Å². The number of hydrogen-bond acceptors (Lipinski definition) is 6. The van der Waals surface area contributed by atoms with Gasteiger partial charge in [-0.1, -0.05) is 13.8 Å². The van der Waals surface area contributed by atoms with Crippen molar-refractivity contribution in [2.75, 3.05) is 0 Å². The quantitative estimate of drug-likeness (QED) is 0.427. The number of benzene rings is 1. The van der Waals surface area contributed by atoms with Gasteiger partial charge < -0.3 is 19.2 Å². The topological polar surface area (TPSA) is 94.8 Å². The van der Waals surface area contributed by atoms with Crippen molar-refractivity contribution in [2.24, 2.45) is 5.92 Å². The van der Waals surface area contributed by atoms with E-state index in [1.54, 1.807) is 32.9 Å². The normalized spacial score (nSPS) is 14.8. The number of rotatable bonds is 5. The van der Waals surface area contributed by atoms with E-state index >= 15 is 0 Å². The molecule has 0 saturated carbocycles. The van der Waals surface area contributed by atoms with Gasteiger partial charge in [-0.05, 0) is 76.5 Å². The summed E-state index contributed by atoms with van der Waals surface area (Å²) >= 11 is 0. The van der Waals surface area contributed by atoms with Crippen LogP contribution in [0, 0.1) is 5.92 Å². The number of hydrogen-bond donors (Lipinski definition) is 1. The molecular weight excluding hydrogens is 398 g/mol. The lowest BCUT2D eigenvalue weighted by Gasteiger charge is -2.23. The fourth-order valence-corrected chi connectivity index (χ4v) is 3.81. The Hall–Kier alpha value is -2.83. The average molecular weight is 430 g/mol. The van der Waals surface area contributed by atoms with Gasteiger partial charge >= 0.3 is 17.7 Å².